The number of fused-ring (bicyclic) bond motifs is 9. The Balaban J connectivity index is 0.886. The van der Waals surface area contributed by atoms with E-state index in [0.717, 1.165) is 12.8 Å². The van der Waals surface area contributed by atoms with Crippen LogP contribution < -0.4 is 9.80 Å². The number of benzene rings is 7. The molecule has 12 rings (SSSR count). The van der Waals surface area contributed by atoms with E-state index in [1.807, 2.05) is 0 Å². The molecule has 0 unspecified atom stereocenters. The number of hydrogen-bond donors (Lipinski definition) is 0. The molecule has 7 aromatic rings. The van der Waals surface area contributed by atoms with Crippen LogP contribution in [0.2, 0.25) is 0 Å². The fourth-order valence-corrected chi connectivity index (χ4v) is 13.4. The van der Waals surface area contributed by atoms with Crippen molar-refractivity contribution < 1.29 is 0 Å². The first kappa shape index (κ1) is 44.8. The summed E-state index contributed by atoms with van der Waals surface area (Å²) >= 11 is 0. The van der Waals surface area contributed by atoms with Crippen LogP contribution in [0, 0.1) is 0 Å². The Kier molecular flexibility index (Phi) is 9.34. The van der Waals surface area contributed by atoms with Crippen molar-refractivity contribution in [3.05, 3.63) is 212 Å². The summed E-state index contributed by atoms with van der Waals surface area (Å²) in [6.45, 7) is 33.3. The molecule has 0 aromatic heterocycles. The fourth-order valence-electron chi connectivity index (χ4n) is 13.4. The number of nitrogens with zero attached hydrogens (tertiary/aromatic N) is 2. The van der Waals surface area contributed by atoms with Gasteiger partial charge in [0.05, 0.1) is 22.7 Å². The van der Waals surface area contributed by atoms with Crippen molar-refractivity contribution in [1.82, 2.24) is 0 Å². The third-order valence-electron chi connectivity index (χ3n) is 17.7. The van der Waals surface area contributed by atoms with Gasteiger partial charge >= 0.3 is 0 Å². The highest BCUT2D eigenvalue weighted by atomic mass is 15.2. The number of allylic oxidation sites excluding steroid dienone is 4. The van der Waals surface area contributed by atoms with Crippen molar-refractivity contribution in [2.75, 3.05) is 9.80 Å². The minimum Gasteiger partial charge on any atom is -0.310 e. The van der Waals surface area contributed by atoms with Crippen LogP contribution in [0.5, 0.6) is 0 Å². The highest BCUT2D eigenvalue weighted by molar-refractivity contribution is 5.94. The van der Waals surface area contributed by atoms with Crippen LogP contribution in [0.4, 0.5) is 34.1 Å². The third-order valence-corrected chi connectivity index (χ3v) is 17.7. The predicted octanol–water partition coefficient (Wildman–Crippen LogP) is 18.7. The Morgan fingerprint density at radius 3 is 1.31 bits per heavy atom. The Hall–Kier alpha value is -6.38. The minimum atomic E-state index is -0.168. The van der Waals surface area contributed by atoms with E-state index in [1.54, 1.807) is 0 Å². The van der Waals surface area contributed by atoms with E-state index in [-0.39, 0.29) is 32.5 Å². The molecular weight excluding hydrogens is 845 g/mol. The Labute approximate surface area is 418 Å². The molecule has 352 valence electrons. The molecule has 3 aliphatic carbocycles. The molecule has 0 saturated heterocycles. The van der Waals surface area contributed by atoms with Crippen molar-refractivity contribution >= 4 is 45.3 Å². The van der Waals surface area contributed by atoms with Crippen LogP contribution in [0.3, 0.4) is 0 Å². The molecule has 0 radical (unpaired) electrons. The van der Waals surface area contributed by atoms with Gasteiger partial charge in [0.15, 0.2) is 0 Å². The van der Waals surface area contributed by atoms with E-state index in [4.69, 9.17) is 0 Å². The summed E-state index contributed by atoms with van der Waals surface area (Å²) in [6.07, 6.45) is 4.66. The summed E-state index contributed by atoms with van der Waals surface area (Å²) in [6, 6.07) is 54.5. The molecule has 2 heterocycles. The van der Waals surface area contributed by atoms with Crippen LogP contribution in [-0.4, -0.2) is 0 Å². The Morgan fingerprint density at radius 1 is 0.371 bits per heavy atom. The van der Waals surface area contributed by atoms with Gasteiger partial charge in [-0.25, -0.2) is 0 Å². The van der Waals surface area contributed by atoms with Gasteiger partial charge < -0.3 is 9.80 Å². The SMILES string of the molecule is CC(C)(C)c1ccc2c(c1)C(C)(C)c1ccccc1N2c1ccc2c(c1)C(C)(C)C1=C2CCC(c2ccc3c(c2)C(C)(C)c2cc(N4c5ccccc5C(C)(C)c5cc(C(C)(C)C)ccc54)ccc2-3)=C1. The van der Waals surface area contributed by atoms with Gasteiger partial charge in [0.25, 0.3) is 0 Å². The maximum Gasteiger partial charge on any atom is 0.0502 e. The number of para-hydroxylation sites is 2. The standard InChI is InChI=1S/C68H70N2/c1-63(2,3)43-25-33-61-57(37-43)65(7,8)51-19-15-17-21-59(51)69(61)45-27-31-49-47-29-23-41(35-53(47)67(11,12)55(49)39-45)42-24-30-48-50-32-28-46(40-56(50)68(13,14)54(48)36-42)70-60-22-18-16-20-52(60)66(9,10)58-38-44(64(4,5)6)26-34-62(58)70/h15-23,25-29,31-40H,24,30H2,1-14H3. The van der Waals surface area contributed by atoms with Gasteiger partial charge in [-0.2, -0.15) is 0 Å². The van der Waals surface area contributed by atoms with Gasteiger partial charge in [0, 0.05) is 33.0 Å². The lowest BCUT2D eigenvalue weighted by Crippen LogP contribution is -2.31. The lowest BCUT2D eigenvalue weighted by Gasteiger charge is -2.43. The molecule has 2 aliphatic heterocycles. The quantitative estimate of drug-likeness (QED) is 0.174. The Morgan fingerprint density at radius 2 is 0.800 bits per heavy atom. The second-order valence-electron chi connectivity index (χ2n) is 25.5. The smallest absolute Gasteiger partial charge is 0.0502 e. The number of hydrogen-bond acceptors (Lipinski definition) is 2. The highest BCUT2D eigenvalue weighted by Gasteiger charge is 2.43. The first-order valence-corrected chi connectivity index (χ1v) is 26.0. The molecule has 70 heavy (non-hydrogen) atoms. The molecule has 0 N–H and O–H groups in total. The van der Waals surface area contributed by atoms with Crippen LogP contribution in [-0.2, 0) is 32.5 Å². The monoisotopic (exact) mass is 915 g/mol. The van der Waals surface area contributed by atoms with Gasteiger partial charge in [0.2, 0.25) is 0 Å². The Bertz CT molecular complexity index is 3460. The van der Waals surface area contributed by atoms with Crippen LogP contribution in [0.15, 0.2) is 151 Å². The summed E-state index contributed by atoms with van der Waals surface area (Å²) in [5.41, 5.74) is 29.6. The average Bonchev–Trinajstić information content (AvgIpc) is 3.69. The molecule has 2 nitrogen and oxygen atoms in total. The lowest BCUT2D eigenvalue weighted by atomic mass is 9.71. The van der Waals surface area contributed by atoms with Crippen LogP contribution in [0.25, 0.3) is 22.3 Å². The summed E-state index contributed by atoms with van der Waals surface area (Å²) in [5.74, 6) is 0. The van der Waals surface area contributed by atoms with E-state index < -0.39 is 0 Å². The van der Waals surface area contributed by atoms with Crippen molar-refractivity contribution in [2.45, 2.75) is 142 Å². The second-order valence-corrected chi connectivity index (χ2v) is 25.5. The van der Waals surface area contributed by atoms with E-state index in [1.165, 1.54) is 123 Å². The number of anilines is 6. The zero-order valence-electron chi connectivity index (χ0n) is 44.2. The van der Waals surface area contributed by atoms with Crippen molar-refractivity contribution in [2.24, 2.45) is 0 Å². The summed E-state index contributed by atoms with van der Waals surface area (Å²) < 4.78 is 0. The van der Waals surface area contributed by atoms with Crippen molar-refractivity contribution in [1.29, 1.82) is 0 Å². The first-order valence-electron chi connectivity index (χ1n) is 26.0. The molecule has 5 aliphatic rings. The molecule has 0 atom stereocenters. The summed E-state index contributed by atoms with van der Waals surface area (Å²) in [7, 11) is 0. The predicted molar refractivity (Wildman–Crippen MR) is 299 cm³/mol. The topological polar surface area (TPSA) is 6.48 Å². The van der Waals surface area contributed by atoms with E-state index in [2.05, 4.69) is 252 Å². The van der Waals surface area contributed by atoms with Gasteiger partial charge in [-0.05, 0) is 167 Å². The summed E-state index contributed by atoms with van der Waals surface area (Å²) in [4.78, 5) is 5.07. The average molecular weight is 915 g/mol. The summed E-state index contributed by atoms with van der Waals surface area (Å²) in [5, 5.41) is 0. The fraction of sp³-hybridized carbons (Fsp3) is 0.324. The van der Waals surface area contributed by atoms with Gasteiger partial charge in [-0.3, -0.25) is 0 Å². The maximum atomic E-state index is 2.58. The minimum absolute atomic E-state index is 0.0641. The van der Waals surface area contributed by atoms with Gasteiger partial charge in [0.1, 0.15) is 0 Å². The zero-order chi connectivity index (χ0) is 49.2. The molecule has 0 amide bonds. The van der Waals surface area contributed by atoms with Gasteiger partial charge in [-0.1, -0.05) is 188 Å². The normalized spacial score (nSPS) is 18.5. The second kappa shape index (κ2) is 14.6. The largest absolute Gasteiger partial charge is 0.310 e. The van der Waals surface area contributed by atoms with Crippen LogP contribution >= 0.6 is 0 Å². The number of rotatable bonds is 3. The molecule has 0 spiro atoms. The molecule has 0 bridgehead atoms. The molecule has 2 heteroatoms. The van der Waals surface area contributed by atoms with Crippen molar-refractivity contribution in [3.63, 3.8) is 0 Å². The lowest BCUT2D eigenvalue weighted by molar-refractivity contribution is 0.580. The van der Waals surface area contributed by atoms with Crippen molar-refractivity contribution in [3.8, 4) is 11.1 Å². The van der Waals surface area contributed by atoms with Gasteiger partial charge in [-0.15, -0.1) is 0 Å². The van der Waals surface area contributed by atoms with E-state index in [0.29, 0.717) is 0 Å². The van der Waals surface area contributed by atoms with E-state index >= 15 is 0 Å². The first-order chi connectivity index (χ1) is 33.0. The molecule has 0 saturated carbocycles. The molecular formula is C68H70N2. The van der Waals surface area contributed by atoms with E-state index in [9.17, 15) is 0 Å². The third kappa shape index (κ3) is 6.30. The molecule has 0 fully saturated rings. The highest BCUT2D eigenvalue weighted by Crippen LogP contribution is 2.59. The zero-order valence-corrected chi connectivity index (χ0v) is 44.2. The maximum absolute atomic E-state index is 2.58. The van der Waals surface area contributed by atoms with Crippen LogP contribution in [0.1, 0.15) is 171 Å². The molecule has 7 aromatic carbocycles.